The first-order valence-electron chi connectivity index (χ1n) is 8.33. The van der Waals surface area contributed by atoms with E-state index in [1.54, 1.807) is 12.3 Å². The van der Waals surface area contributed by atoms with E-state index in [9.17, 15) is 13.2 Å². The Labute approximate surface area is 150 Å². The highest BCUT2D eigenvalue weighted by atomic mass is 32.2. The number of fused-ring (bicyclic) bond motifs is 1. The minimum absolute atomic E-state index is 0.124. The Balaban J connectivity index is 1.58. The van der Waals surface area contributed by atoms with Crippen LogP contribution in [0.15, 0.2) is 56.7 Å². The number of oxazole rings is 1. The summed E-state index contributed by atoms with van der Waals surface area (Å²) in [4.78, 5) is 20.3. The van der Waals surface area contributed by atoms with Crippen LogP contribution in [0.1, 0.15) is 6.42 Å². The van der Waals surface area contributed by atoms with Gasteiger partial charge < -0.3 is 9.32 Å². The number of aromatic nitrogens is 2. The molecule has 3 aromatic rings. The minimum atomic E-state index is -3.66. The number of nitrogens with one attached hydrogen (secondary N) is 1. The Morgan fingerprint density at radius 3 is 2.77 bits per heavy atom. The summed E-state index contributed by atoms with van der Waals surface area (Å²) in [6, 6.07) is 10.1. The molecule has 0 radical (unpaired) electrons. The number of rotatable bonds is 3. The molecule has 9 heteroatoms. The van der Waals surface area contributed by atoms with Gasteiger partial charge in [0.15, 0.2) is 5.58 Å². The fourth-order valence-corrected chi connectivity index (χ4v) is 4.62. The number of anilines is 1. The van der Waals surface area contributed by atoms with E-state index >= 15 is 0 Å². The number of benzene rings is 1. The van der Waals surface area contributed by atoms with E-state index < -0.39 is 15.8 Å². The van der Waals surface area contributed by atoms with Crippen molar-refractivity contribution in [1.82, 2.24) is 14.3 Å². The van der Waals surface area contributed by atoms with Gasteiger partial charge in [0.1, 0.15) is 5.82 Å². The minimum Gasteiger partial charge on any atom is -0.408 e. The van der Waals surface area contributed by atoms with E-state index in [1.807, 2.05) is 18.2 Å². The van der Waals surface area contributed by atoms with Gasteiger partial charge in [-0.2, -0.15) is 4.31 Å². The number of H-pyrrole nitrogens is 1. The van der Waals surface area contributed by atoms with Gasteiger partial charge in [0.05, 0.1) is 10.4 Å². The van der Waals surface area contributed by atoms with Crippen LogP contribution in [0.2, 0.25) is 0 Å². The average molecular weight is 374 g/mol. The lowest BCUT2D eigenvalue weighted by Crippen LogP contribution is -2.35. The van der Waals surface area contributed by atoms with Gasteiger partial charge in [0.25, 0.3) is 0 Å². The summed E-state index contributed by atoms with van der Waals surface area (Å²) >= 11 is 0. The highest BCUT2D eigenvalue weighted by molar-refractivity contribution is 7.89. The summed E-state index contributed by atoms with van der Waals surface area (Å²) in [5.41, 5.74) is 0.715. The number of hydrogen-bond acceptors (Lipinski definition) is 6. The molecular formula is C17H18N4O4S. The molecular weight excluding hydrogens is 356 g/mol. The molecule has 136 valence electrons. The van der Waals surface area contributed by atoms with Crippen LogP contribution in [0.5, 0.6) is 0 Å². The lowest BCUT2D eigenvalue weighted by molar-refractivity contribution is 0.433. The van der Waals surface area contributed by atoms with Gasteiger partial charge in [-0.1, -0.05) is 6.07 Å². The third kappa shape index (κ3) is 3.11. The van der Waals surface area contributed by atoms with Crippen LogP contribution in [0.4, 0.5) is 5.82 Å². The van der Waals surface area contributed by atoms with Crippen LogP contribution in [-0.2, 0) is 10.0 Å². The normalized spacial score (nSPS) is 16.7. The molecule has 1 aromatic carbocycles. The van der Waals surface area contributed by atoms with Crippen molar-refractivity contribution in [2.75, 3.05) is 31.1 Å². The SMILES string of the molecule is O=c1[nH]c2ccc(S(=O)(=O)N3CCCN(c4ccccn4)CC3)cc2o1. The molecule has 2 aromatic heterocycles. The lowest BCUT2D eigenvalue weighted by atomic mass is 10.3. The molecule has 1 aliphatic heterocycles. The van der Waals surface area contributed by atoms with E-state index in [4.69, 9.17) is 4.42 Å². The molecule has 0 spiro atoms. The Bertz CT molecular complexity index is 1070. The van der Waals surface area contributed by atoms with Crippen molar-refractivity contribution in [1.29, 1.82) is 0 Å². The van der Waals surface area contributed by atoms with Gasteiger partial charge in [-0.3, -0.25) is 4.98 Å². The zero-order chi connectivity index (χ0) is 18.1. The Kier molecular flexibility index (Phi) is 4.25. The number of nitrogens with zero attached hydrogens (tertiary/aromatic N) is 3. The molecule has 1 saturated heterocycles. The molecule has 1 aliphatic rings. The molecule has 8 nitrogen and oxygen atoms in total. The maximum Gasteiger partial charge on any atom is 0.417 e. The molecule has 0 aliphatic carbocycles. The first-order chi connectivity index (χ1) is 12.5. The van der Waals surface area contributed by atoms with Gasteiger partial charge in [-0.05, 0) is 30.7 Å². The zero-order valence-corrected chi connectivity index (χ0v) is 14.8. The van der Waals surface area contributed by atoms with Crippen molar-refractivity contribution in [2.24, 2.45) is 0 Å². The van der Waals surface area contributed by atoms with Crippen molar-refractivity contribution < 1.29 is 12.8 Å². The molecule has 0 saturated carbocycles. The Hall–Kier alpha value is -2.65. The van der Waals surface area contributed by atoms with Crippen LogP contribution in [-0.4, -0.2) is 48.9 Å². The fraction of sp³-hybridized carbons (Fsp3) is 0.294. The first kappa shape index (κ1) is 16.8. The largest absolute Gasteiger partial charge is 0.417 e. The maximum absolute atomic E-state index is 13.0. The van der Waals surface area contributed by atoms with Crippen LogP contribution in [0.25, 0.3) is 11.1 Å². The quantitative estimate of drug-likeness (QED) is 0.744. The molecule has 0 amide bonds. The molecule has 26 heavy (non-hydrogen) atoms. The van der Waals surface area contributed by atoms with Crippen molar-refractivity contribution in [3.63, 3.8) is 0 Å². The van der Waals surface area contributed by atoms with E-state index in [0.29, 0.717) is 31.6 Å². The number of aromatic amines is 1. The highest BCUT2D eigenvalue weighted by Gasteiger charge is 2.27. The highest BCUT2D eigenvalue weighted by Crippen LogP contribution is 2.22. The third-order valence-electron chi connectivity index (χ3n) is 4.46. The molecule has 1 fully saturated rings. The Morgan fingerprint density at radius 2 is 1.96 bits per heavy atom. The average Bonchev–Trinajstić information content (AvgIpc) is 2.85. The van der Waals surface area contributed by atoms with Crippen LogP contribution >= 0.6 is 0 Å². The summed E-state index contributed by atoms with van der Waals surface area (Å²) in [5, 5.41) is 0. The van der Waals surface area contributed by atoms with Gasteiger partial charge in [-0.25, -0.2) is 18.2 Å². The second-order valence-corrected chi connectivity index (χ2v) is 8.04. The second kappa shape index (κ2) is 6.58. The van der Waals surface area contributed by atoms with E-state index in [2.05, 4.69) is 14.9 Å². The summed E-state index contributed by atoms with van der Waals surface area (Å²) < 4.78 is 32.4. The Morgan fingerprint density at radius 1 is 1.08 bits per heavy atom. The molecule has 0 bridgehead atoms. The summed E-state index contributed by atoms with van der Waals surface area (Å²) in [5.74, 6) is 0.248. The van der Waals surface area contributed by atoms with E-state index in [1.165, 1.54) is 16.4 Å². The van der Waals surface area contributed by atoms with Gasteiger partial charge in [0.2, 0.25) is 10.0 Å². The fourth-order valence-electron chi connectivity index (χ4n) is 3.14. The van der Waals surface area contributed by atoms with E-state index in [0.717, 1.165) is 12.4 Å². The predicted octanol–water partition coefficient (Wildman–Crippen LogP) is 1.42. The predicted molar refractivity (Wildman–Crippen MR) is 96.7 cm³/mol. The van der Waals surface area contributed by atoms with Gasteiger partial charge in [0, 0.05) is 38.4 Å². The maximum atomic E-state index is 13.0. The summed E-state index contributed by atoms with van der Waals surface area (Å²) in [7, 11) is -3.66. The molecule has 4 rings (SSSR count). The van der Waals surface area contributed by atoms with Crippen molar-refractivity contribution in [2.45, 2.75) is 11.3 Å². The van der Waals surface area contributed by atoms with Crippen molar-refractivity contribution in [3.05, 3.63) is 53.1 Å². The van der Waals surface area contributed by atoms with Gasteiger partial charge in [-0.15, -0.1) is 0 Å². The lowest BCUT2D eigenvalue weighted by Gasteiger charge is -2.22. The van der Waals surface area contributed by atoms with Crippen molar-refractivity contribution >= 4 is 26.9 Å². The van der Waals surface area contributed by atoms with Crippen LogP contribution in [0.3, 0.4) is 0 Å². The monoisotopic (exact) mass is 374 g/mol. The third-order valence-corrected chi connectivity index (χ3v) is 6.35. The van der Waals surface area contributed by atoms with Crippen LogP contribution < -0.4 is 10.7 Å². The smallest absolute Gasteiger partial charge is 0.408 e. The van der Waals surface area contributed by atoms with E-state index in [-0.39, 0.29) is 10.5 Å². The van der Waals surface area contributed by atoms with Crippen LogP contribution in [0, 0.1) is 0 Å². The van der Waals surface area contributed by atoms with Crippen molar-refractivity contribution in [3.8, 4) is 0 Å². The number of pyridine rings is 1. The topological polar surface area (TPSA) is 99.5 Å². The number of sulfonamides is 1. The standard InChI is InChI=1S/C17H18N4O4S/c22-17-19-14-6-5-13(12-15(14)25-17)26(23,24)21-9-3-8-20(10-11-21)16-4-1-2-7-18-16/h1-2,4-7,12H,3,8-11H2,(H,19,22). The second-order valence-electron chi connectivity index (χ2n) is 6.11. The number of hydrogen-bond donors (Lipinski definition) is 1. The molecule has 0 atom stereocenters. The summed E-state index contributed by atoms with van der Waals surface area (Å²) in [6.07, 6.45) is 2.44. The molecule has 3 heterocycles. The van der Waals surface area contributed by atoms with Gasteiger partial charge >= 0.3 is 5.76 Å². The first-order valence-corrected chi connectivity index (χ1v) is 9.77. The molecule has 1 N–H and O–H groups in total. The summed E-state index contributed by atoms with van der Waals surface area (Å²) in [6.45, 7) is 2.11. The molecule has 0 unspecified atom stereocenters. The zero-order valence-electron chi connectivity index (χ0n) is 14.0.